The summed E-state index contributed by atoms with van der Waals surface area (Å²) < 4.78 is 6.25. The maximum atomic E-state index is 5.13. The van der Waals surface area contributed by atoms with Crippen molar-refractivity contribution in [2.45, 2.75) is 25.8 Å². The first-order chi connectivity index (χ1) is 9.61. The Morgan fingerprint density at radius 1 is 1.35 bits per heavy atom. The molecular formula is C14H19BrN2OS2. The van der Waals surface area contributed by atoms with E-state index in [4.69, 9.17) is 9.72 Å². The third-order valence-electron chi connectivity index (χ3n) is 2.91. The van der Waals surface area contributed by atoms with Gasteiger partial charge in [0.2, 0.25) is 0 Å². The Labute approximate surface area is 136 Å². The quantitative estimate of drug-likeness (QED) is 0.728. The van der Waals surface area contributed by atoms with Crippen LogP contribution in [0.4, 0.5) is 0 Å². The molecular weight excluding hydrogens is 356 g/mol. The first kappa shape index (κ1) is 16.1. The zero-order valence-electron chi connectivity index (χ0n) is 11.9. The van der Waals surface area contributed by atoms with Gasteiger partial charge in [-0.05, 0) is 27.9 Å². The molecule has 0 saturated carbocycles. The zero-order valence-corrected chi connectivity index (χ0v) is 15.1. The van der Waals surface area contributed by atoms with Crippen molar-refractivity contribution >= 4 is 38.6 Å². The van der Waals surface area contributed by atoms with Crippen molar-refractivity contribution in [3.05, 3.63) is 36.9 Å². The number of halogens is 1. The summed E-state index contributed by atoms with van der Waals surface area (Å²) in [6.07, 6.45) is 0. The highest BCUT2D eigenvalue weighted by Gasteiger charge is 2.19. The number of thiophene rings is 1. The highest BCUT2D eigenvalue weighted by molar-refractivity contribution is 9.10. The largest absolute Gasteiger partial charge is 0.383 e. The van der Waals surface area contributed by atoms with E-state index < -0.39 is 0 Å². The number of nitrogens with one attached hydrogen (secondary N) is 1. The lowest BCUT2D eigenvalue weighted by Gasteiger charge is -2.14. The first-order valence-corrected chi connectivity index (χ1v) is 9.08. The molecule has 0 saturated heterocycles. The molecule has 1 unspecified atom stereocenters. The normalized spacial score (nSPS) is 13.1. The Morgan fingerprint density at radius 2 is 2.15 bits per heavy atom. The van der Waals surface area contributed by atoms with E-state index in [0.29, 0.717) is 12.5 Å². The van der Waals surface area contributed by atoms with E-state index in [-0.39, 0.29) is 6.04 Å². The van der Waals surface area contributed by atoms with Crippen LogP contribution in [0.25, 0.3) is 0 Å². The number of rotatable bonds is 7. The molecule has 2 aromatic rings. The van der Waals surface area contributed by atoms with E-state index in [2.05, 4.69) is 51.9 Å². The van der Waals surface area contributed by atoms with Crippen LogP contribution in [-0.2, 0) is 4.74 Å². The lowest BCUT2D eigenvalue weighted by atomic mass is 10.1. The Hall–Kier alpha value is -0.270. The van der Waals surface area contributed by atoms with Gasteiger partial charge in [-0.2, -0.15) is 0 Å². The summed E-state index contributed by atoms with van der Waals surface area (Å²) in [7, 11) is 1.72. The number of hydrogen-bond donors (Lipinski definition) is 1. The van der Waals surface area contributed by atoms with Crippen molar-refractivity contribution in [2.75, 3.05) is 20.3 Å². The smallest absolute Gasteiger partial charge is 0.115 e. The lowest BCUT2D eigenvalue weighted by Crippen LogP contribution is -2.25. The minimum absolute atomic E-state index is 0.152. The Kier molecular flexibility index (Phi) is 6.17. The van der Waals surface area contributed by atoms with Crippen molar-refractivity contribution in [1.82, 2.24) is 10.3 Å². The van der Waals surface area contributed by atoms with Crippen LogP contribution in [-0.4, -0.2) is 25.2 Å². The maximum absolute atomic E-state index is 5.13. The molecule has 0 bridgehead atoms. The summed E-state index contributed by atoms with van der Waals surface area (Å²) >= 11 is 6.99. The second-order valence-electron chi connectivity index (χ2n) is 4.81. The summed E-state index contributed by atoms with van der Waals surface area (Å²) in [6.45, 7) is 5.86. The van der Waals surface area contributed by atoms with Crippen molar-refractivity contribution in [3.8, 4) is 0 Å². The third-order valence-corrected chi connectivity index (χ3v) is 5.59. The van der Waals surface area contributed by atoms with Gasteiger partial charge >= 0.3 is 0 Å². The highest BCUT2D eigenvalue weighted by Crippen LogP contribution is 2.32. The van der Waals surface area contributed by atoms with E-state index in [0.717, 1.165) is 16.0 Å². The predicted molar refractivity (Wildman–Crippen MR) is 89.9 cm³/mol. The molecule has 0 fully saturated rings. The Morgan fingerprint density at radius 3 is 2.70 bits per heavy atom. The third kappa shape index (κ3) is 4.11. The first-order valence-electron chi connectivity index (χ1n) is 6.53. The van der Waals surface area contributed by atoms with Gasteiger partial charge in [-0.15, -0.1) is 22.7 Å². The summed E-state index contributed by atoms with van der Waals surface area (Å²) in [4.78, 5) is 6.06. The van der Waals surface area contributed by atoms with Crippen LogP contribution in [0, 0.1) is 0 Å². The van der Waals surface area contributed by atoms with Crippen molar-refractivity contribution in [2.24, 2.45) is 0 Å². The average molecular weight is 375 g/mol. The van der Waals surface area contributed by atoms with Crippen LogP contribution < -0.4 is 5.32 Å². The van der Waals surface area contributed by atoms with E-state index in [1.165, 1.54) is 10.6 Å². The second kappa shape index (κ2) is 7.66. The minimum Gasteiger partial charge on any atom is -0.383 e. The Balaban J connectivity index is 2.20. The van der Waals surface area contributed by atoms with Crippen LogP contribution in [0.1, 0.15) is 41.4 Å². The van der Waals surface area contributed by atoms with Gasteiger partial charge in [0.1, 0.15) is 5.01 Å². The van der Waals surface area contributed by atoms with Crippen LogP contribution in [0.5, 0.6) is 0 Å². The van der Waals surface area contributed by atoms with E-state index >= 15 is 0 Å². The summed E-state index contributed by atoms with van der Waals surface area (Å²) in [6, 6.07) is 2.31. The molecule has 3 nitrogen and oxygen atoms in total. The highest BCUT2D eigenvalue weighted by atomic mass is 79.9. The maximum Gasteiger partial charge on any atom is 0.115 e. The van der Waals surface area contributed by atoms with Crippen molar-refractivity contribution in [1.29, 1.82) is 0 Å². The van der Waals surface area contributed by atoms with Crippen LogP contribution >= 0.6 is 38.6 Å². The number of hydrogen-bond acceptors (Lipinski definition) is 5. The van der Waals surface area contributed by atoms with Gasteiger partial charge in [-0.1, -0.05) is 13.8 Å². The molecule has 0 spiro atoms. The fourth-order valence-corrected chi connectivity index (χ4v) is 4.46. The molecule has 2 heterocycles. The molecule has 2 aromatic heterocycles. The van der Waals surface area contributed by atoms with E-state index in [9.17, 15) is 0 Å². The van der Waals surface area contributed by atoms with Crippen LogP contribution in [0.15, 0.2) is 21.3 Å². The molecule has 0 radical (unpaired) electrons. The van der Waals surface area contributed by atoms with Crippen molar-refractivity contribution < 1.29 is 4.74 Å². The zero-order chi connectivity index (χ0) is 14.5. The minimum atomic E-state index is 0.152. The topological polar surface area (TPSA) is 34.1 Å². The summed E-state index contributed by atoms with van der Waals surface area (Å²) in [5.41, 5.74) is 1.17. The van der Waals surface area contributed by atoms with Gasteiger partial charge in [0.15, 0.2) is 0 Å². The van der Waals surface area contributed by atoms with Crippen LogP contribution in [0.3, 0.4) is 0 Å². The van der Waals surface area contributed by atoms with Gasteiger partial charge in [0.25, 0.3) is 0 Å². The van der Waals surface area contributed by atoms with Crippen molar-refractivity contribution in [3.63, 3.8) is 0 Å². The number of aromatic nitrogens is 1. The fourth-order valence-electron chi connectivity index (χ4n) is 1.79. The second-order valence-corrected chi connectivity index (χ2v) is 7.56. The molecule has 0 aromatic carbocycles. The summed E-state index contributed by atoms with van der Waals surface area (Å²) in [5.74, 6) is 0.467. The monoisotopic (exact) mass is 374 g/mol. The van der Waals surface area contributed by atoms with Gasteiger partial charge in [0, 0.05) is 33.8 Å². The van der Waals surface area contributed by atoms with Gasteiger partial charge < -0.3 is 10.1 Å². The van der Waals surface area contributed by atoms with Gasteiger partial charge in [-0.25, -0.2) is 4.98 Å². The van der Waals surface area contributed by atoms with E-state index in [1.54, 1.807) is 29.8 Å². The van der Waals surface area contributed by atoms with Crippen LogP contribution in [0.2, 0.25) is 0 Å². The fraction of sp³-hybridized carbons (Fsp3) is 0.500. The molecule has 0 aliphatic rings. The molecule has 6 heteroatoms. The number of methoxy groups -OCH3 is 1. The Bertz CT molecular complexity index is 539. The average Bonchev–Trinajstić information content (AvgIpc) is 3.04. The standard InChI is InChI=1S/C14H19BrN2OS2/c1-9(2)11-8-20-14(17-11)13(16-4-5-18-3)12-6-10(15)7-19-12/h6-9,13,16H,4-5H2,1-3H3. The molecule has 0 aliphatic carbocycles. The predicted octanol–water partition coefficient (Wildman–Crippen LogP) is 4.42. The molecule has 0 amide bonds. The molecule has 0 aliphatic heterocycles. The molecule has 1 N–H and O–H groups in total. The number of ether oxygens (including phenoxy) is 1. The van der Waals surface area contributed by atoms with Gasteiger partial charge in [-0.3, -0.25) is 0 Å². The molecule has 1 atom stereocenters. The van der Waals surface area contributed by atoms with E-state index in [1.807, 2.05) is 0 Å². The molecule has 20 heavy (non-hydrogen) atoms. The number of thiazole rings is 1. The molecule has 2 rings (SSSR count). The lowest BCUT2D eigenvalue weighted by molar-refractivity contribution is 0.197. The number of nitrogens with zero attached hydrogens (tertiary/aromatic N) is 1. The molecule has 110 valence electrons. The van der Waals surface area contributed by atoms with Gasteiger partial charge in [0.05, 0.1) is 18.3 Å². The SMILES string of the molecule is COCCNC(c1cc(Br)cs1)c1nc(C(C)C)cs1. The summed E-state index contributed by atoms with van der Waals surface area (Å²) in [5, 5.41) is 8.92.